The molecule has 160 valence electrons. The highest BCUT2D eigenvalue weighted by Gasteiger charge is 2.28. The van der Waals surface area contributed by atoms with Crippen LogP contribution < -0.4 is 22.1 Å². The molecule has 3 amide bonds. The number of nitrogens with one attached hydrogen (secondary N) is 3. The predicted octanol–water partition coefficient (Wildman–Crippen LogP) is -2.54. The van der Waals surface area contributed by atoms with Crippen molar-refractivity contribution in [1.82, 2.24) is 20.6 Å². The minimum Gasteiger partial charge on any atom is -0.481 e. The Morgan fingerprint density at radius 2 is 1.69 bits per heavy atom. The summed E-state index contributed by atoms with van der Waals surface area (Å²) in [6, 6.07) is -3.78. The molecule has 0 aliphatic rings. The largest absolute Gasteiger partial charge is 0.481 e. The number of aromatic nitrogens is 2. The molecule has 3 unspecified atom stereocenters. The zero-order valence-electron chi connectivity index (χ0n) is 15.5. The van der Waals surface area contributed by atoms with Crippen molar-refractivity contribution in [2.24, 2.45) is 11.5 Å². The van der Waals surface area contributed by atoms with Crippen molar-refractivity contribution < 1.29 is 34.2 Å². The Labute approximate surface area is 165 Å². The third-order valence-electron chi connectivity index (χ3n) is 3.91. The van der Waals surface area contributed by atoms with E-state index in [2.05, 4.69) is 20.6 Å². The van der Waals surface area contributed by atoms with Gasteiger partial charge in [-0.2, -0.15) is 0 Å². The van der Waals surface area contributed by atoms with Gasteiger partial charge in [0.2, 0.25) is 17.7 Å². The average Bonchev–Trinajstić information content (AvgIpc) is 3.14. The number of H-pyrrole nitrogens is 1. The normalized spacial score (nSPS) is 13.7. The van der Waals surface area contributed by atoms with Gasteiger partial charge in [-0.25, -0.2) is 9.78 Å². The van der Waals surface area contributed by atoms with E-state index in [1.807, 2.05) is 0 Å². The van der Waals surface area contributed by atoms with Gasteiger partial charge in [0.05, 0.1) is 12.4 Å². The molecular formula is C16H24N6O7. The molecule has 1 rings (SSSR count). The van der Waals surface area contributed by atoms with Crippen molar-refractivity contribution in [2.75, 3.05) is 0 Å². The van der Waals surface area contributed by atoms with Gasteiger partial charge in [-0.05, 0) is 12.8 Å². The standard InChI is InChI=1S/C16H24N6O7/c17-9(1-3-12(18)23)14(26)22-11(5-8-6-19-7-20-8)15(27)21-10(16(28)29)2-4-13(24)25/h6-7,9-11H,1-5,17H2,(H2,18,23)(H,19,20)(H,21,27)(H,22,26)(H,24,25)(H,28,29). The number of carbonyl (C=O) groups excluding carboxylic acids is 3. The van der Waals surface area contributed by atoms with Crippen LogP contribution in [0.2, 0.25) is 0 Å². The lowest BCUT2D eigenvalue weighted by molar-refractivity contribution is -0.143. The molecule has 13 nitrogen and oxygen atoms in total. The van der Waals surface area contributed by atoms with Crippen molar-refractivity contribution >= 4 is 29.7 Å². The number of rotatable bonds is 13. The van der Waals surface area contributed by atoms with E-state index in [0.717, 1.165) is 0 Å². The van der Waals surface area contributed by atoms with E-state index in [-0.39, 0.29) is 25.7 Å². The number of nitrogens with two attached hydrogens (primary N) is 2. The lowest BCUT2D eigenvalue weighted by atomic mass is 10.1. The maximum Gasteiger partial charge on any atom is 0.326 e. The third-order valence-corrected chi connectivity index (χ3v) is 3.91. The molecule has 29 heavy (non-hydrogen) atoms. The van der Waals surface area contributed by atoms with Crippen LogP contribution in [-0.2, 0) is 30.4 Å². The smallest absolute Gasteiger partial charge is 0.326 e. The highest BCUT2D eigenvalue weighted by atomic mass is 16.4. The fourth-order valence-electron chi connectivity index (χ4n) is 2.33. The van der Waals surface area contributed by atoms with Crippen LogP contribution in [0.1, 0.15) is 31.4 Å². The number of imidazole rings is 1. The molecule has 0 spiro atoms. The fraction of sp³-hybridized carbons (Fsp3) is 0.500. The van der Waals surface area contributed by atoms with E-state index < -0.39 is 54.2 Å². The lowest BCUT2D eigenvalue weighted by Crippen LogP contribution is -2.55. The van der Waals surface area contributed by atoms with Gasteiger partial charge in [0.25, 0.3) is 0 Å². The van der Waals surface area contributed by atoms with Gasteiger partial charge < -0.3 is 37.3 Å². The molecule has 9 N–H and O–H groups in total. The summed E-state index contributed by atoms with van der Waals surface area (Å²) in [4.78, 5) is 64.1. The van der Waals surface area contributed by atoms with Gasteiger partial charge in [-0.15, -0.1) is 0 Å². The molecule has 0 bridgehead atoms. The Hall–Kier alpha value is -3.48. The fourth-order valence-corrected chi connectivity index (χ4v) is 2.33. The van der Waals surface area contributed by atoms with Crippen LogP contribution in [0.3, 0.4) is 0 Å². The van der Waals surface area contributed by atoms with Crippen molar-refractivity contribution in [3.05, 3.63) is 18.2 Å². The monoisotopic (exact) mass is 412 g/mol. The van der Waals surface area contributed by atoms with Gasteiger partial charge >= 0.3 is 11.9 Å². The minimum atomic E-state index is -1.46. The van der Waals surface area contributed by atoms with E-state index in [9.17, 15) is 29.1 Å². The number of carbonyl (C=O) groups is 5. The van der Waals surface area contributed by atoms with Gasteiger partial charge in [0.1, 0.15) is 12.1 Å². The molecule has 3 atom stereocenters. The number of aromatic amines is 1. The molecule has 0 fully saturated rings. The summed E-state index contributed by atoms with van der Waals surface area (Å²) in [7, 11) is 0. The van der Waals surface area contributed by atoms with Crippen LogP contribution >= 0.6 is 0 Å². The maximum absolute atomic E-state index is 12.6. The average molecular weight is 412 g/mol. The Kier molecular flexibility index (Phi) is 9.25. The summed E-state index contributed by atoms with van der Waals surface area (Å²) in [6.07, 6.45) is 1.77. The number of amides is 3. The number of nitrogens with zero attached hydrogens (tertiary/aromatic N) is 1. The van der Waals surface area contributed by atoms with Crippen molar-refractivity contribution in [3.8, 4) is 0 Å². The van der Waals surface area contributed by atoms with Crippen molar-refractivity contribution in [2.45, 2.75) is 50.2 Å². The number of carboxylic acid groups (broad SMARTS) is 2. The summed E-state index contributed by atoms with van der Waals surface area (Å²) in [5.74, 6) is -4.84. The molecule has 1 heterocycles. The number of primary amides is 1. The van der Waals surface area contributed by atoms with Gasteiger partial charge in [0.15, 0.2) is 0 Å². The first-order valence-corrected chi connectivity index (χ1v) is 8.66. The highest BCUT2D eigenvalue weighted by molar-refractivity contribution is 5.92. The highest BCUT2D eigenvalue weighted by Crippen LogP contribution is 2.04. The van der Waals surface area contributed by atoms with Crippen LogP contribution in [0.15, 0.2) is 12.5 Å². The van der Waals surface area contributed by atoms with Gasteiger partial charge in [0, 0.05) is 31.2 Å². The molecular weight excluding hydrogens is 388 g/mol. The molecule has 0 aliphatic carbocycles. The number of hydrogen-bond donors (Lipinski definition) is 7. The van der Waals surface area contributed by atoms with Crippen molar-refractivity contribution in [3.63, 3.8) is 0 Å². The first-order chi connectivity index (χ1) is 13.6. The summed E-state index contributed by atoms with van der Waals surface area (Å²) < 4.78 is 0. The summed E-state index contributed by atoms with van der Waals surface area (Å²) >= 11 is 0. The third kappa shape index (κ3) is 8.83. The van der Waals surface area contributed by atoms with E-state index in [4.69, 9.17) is 16.6 Å². The first kappa shape index (κ1) is 23.6. The second-order valence-corrected chi connectivity index (χ2v) is 6.29. The molecule has 1 aromatic heterocycles. The molecule has 0 aromatic carbocycles. The number of carboxylic acids is 2. The molecule has 0 aliphatic heterocycles. The molecule has 0 saturated carbocycles. The predicted molar refractivity (Wildman–Crippen MR) is 97.1 cm³/mol. The zero-order chi connectivity index (χ0) is 22.0. The number of hydrogen-bond acceptors (Lipinski definition) is 7. The van der Waals surface area contributed by atoms with E-state index in [1.165, 1.54) is 12.5 Å². The second-order valence-electron chi connectivity index (χ2n) is 6.29. The van der Waals surface area contributed by atoms with E-state index in [1.54, 1.807) is 0 Å². The van der Waals surface area contributed by atoms with Crippen LogP contribution in [0, 0.1) is 0 Å². The van der Waals surface area contributed by atoms with Gasteiger partial charge in [-0.3, -0.25) is 19.2 Å². The summed E-state index contributed by atoms with van der Waals surface area (Å²) in [5.41, 5.74) is 11.2. The molecule has 0 radical (unpaired) electrons. The molecule has 0 saturated heterocycles. The lowest BCUT2D eigenvalue weighted by Gasteiger charge is -2.22. The van der Waals surface area contributed by atoms with E-state index in [0.29, 0.717) is 5.69 Å². The van der Waals surface area contributed by atoms with Crippen LogP contribution in [0.5, 0.6) is 0 Å². The van der Waals surface area contributed by atoms with E-state index >= 15 is 0 Å². The Bertz CT molecular complexity index is 736. The maximum atomic E-state index is 12.6. The molecule has 13 heteroatoms. The number of aliphatic carboxylic acids is 2. The van der Waals surface area contributed by atoms with Gasteiger partial charge in [-0.1, -0.05) is 0 Å². The molecule has 1 aromatic rings. The second kappa shape index (κ2) is 11.4. The zero-order valence-corrected chi connectivity index (χ0v) is 15.5. The van der Waals surface area contributed by atoms with Crippen LogP contribution in [0.25, 0.3) is 0 Å². The SMILES string of the molecule is NC(=O)CCC(N)C(=O)NC(Cc1cnc[nH]1)C(=O)NC(CCC(=O)O)C(=O)O. The minimum absolute atomic E-state index is 0.0318. The quantitative estimate of drug-likeness (QED) is 0.181. The Morgan fingerprint density at radius 3 is 2.21 bits per heavy atom. The first-order valence-electron chi connectivity index (χ1n) is 8.66. The topological polar surface area (TPSA) is 231 Å². The Balaban J connectivity index is 2.85. The van der Waals surface area contributed by atoms with Crippen molar-refractivity contribution in [1.29, 1.82) is 0 Å². The Morgan fingerprint density at radius 1 is 1.03 bits per heavy atom. The summed E-state index contributed by atoms with van der Waals surface area (Å²) in [5, 5.41) is 22.5. The van der Waals surface area contributed by atoms with Crippen LogP contribution in [-0.4, -0.2) is 68.0 Å². The van der Waals surface area contributed by atoms with Crippen LogP contribution in [0.4, 0.5) is 0 Å². The summed E-state index contributed by atoms with van der Waals surface area (Å²) in [6.45, 7) is 0.